The molecule has 150 valence electrons. The molecule has 0 heterocycles. The van der Waals surface area contributed by atoms with Gasteiger partial charge in [0.05, 0.1) is 12.7 Å². The first kappa shape index (κ1) is 19.2. The zero-order valence-electron chi connectivity index (χ0n) is 17.5. The summed E-state index contributed by atoms with van der Waals surface area (Å²) in [5.74, 6) is 2.53. The quantitative estimate of drug-likeness (QED) is 0.419. The van der Waals surface area contributed by atoms with Crippen LogP contribution in [0.3, 0.4) is 0 Å². The van der Waals surface area contributed by atoms with Crippen LogP contribution in [-0.2, 0) is 9.53 Å². The highest BCUT2D eigenvalue weighted by atomic mass is 16.5. The fourth-order valence-corrected chi connectivity index (χ4v) is 7.42. The number of aliphatic hydroxyl groups is 1. The lowest BCUT2D eigenvalue weighted by molar-refractivity contribution is -0.134. The van der Waals surface area contributed by atoms with Crippen LogP contribution < -0.4 is 0 Å². The van der Waals surface area contributed by atoms with Crippen LogP contribution in [0.2, 0.25) is 0 Å². The van der Waals surface area contributed by atoms with E-state index in [2.05, 4.69) is 26.0 Å². The molecule has 0 aliphatic heterocycles. The molecular weight excluding hydrogens is 336 g/mol. The SMILES string of the molecule is COC(=O)C=CC1CCC2C3CC=C4CC(C)(O)CCC4(C)C3CCC12C. The summed E-state index contributed by atoms with van der Waals surface area (Å²) >= 11 is 0. The average Bonchev–Trinajstić information content (AvgIpc) is 2.96. The molecule has 0 aromatic heterocycles. The normalized spacial score (nSPS) is 49.1. The van der Waals surface area contributed by atoms with Gasteiger partial charge in [-0.05, 0) is 92.8 Å². The molecule has 4 aliphatic carbocycles. The Morgan fingerprint density at radius 2 is 1.93 bits per heavy atom. The highest BCUT2D eigenvalue weighted by Gasteiger charge is 2.58. The van der Waals surface area contributed by atoms with E-state index in [9.17, 15) is 9.90 Å². The molecular formula is C24H36O3. The Kier molecular flexibility index (Phi) is 4.61. The van der Waals surface area contributed by atoms with E-state index >= 15 is 0 Å². The Morgan fingerprint density at radius 1 is 1.15 bits per heavy atom. The van der Waals surface area contributed by atoms with Crippen molar-refractivity contribution in [2.75, 3.05) is 7.11 Å². The molecule has 4 rings (SSSR count). The van der Waals surface area contributed by atoms with E-state index in [1.54, 1.807) is 6.08 Å². The number of carbonyl (C=O) groups is 1. The Morgan fingerprint density at radius 3 is 2.67 bits per heavy atom. The van der Waals surface area contributed by atoms with Crippen molar-refractivity contribution in [3.63, 3.8) is 0 Å². The minimum absolute atomic E-state index is 0.234. The summed E-state index contributed by atoms with van der Waals surface area (Å²) in [6.07, 6.45) is 15.4. The summed E-state index contributed by atoms with van der Waals surface area (Å²) < 4.78 is 4.80. The Hall–Kier alpha value is -1.09. The lowest BCUT2D eigenvalue weighted by Crippen LogP contribution is -2.51. The summed E-state index contributed by atoms with van der Waals surface area (Å²) in [5.41, 5.74) is 1.61. The minimum Gasteiger partial charge on any atom is -0.466 e. The van der Waals surface area contributed by atoms with E-state index in [1.807, 2.05) is 6.92 Å². The standard InChI is InChI=1S/C24H36O3/c1-22(26)13-14-24(3)17(15-22)5-8-18-19-9-6-16(7-10-21(25)27-4)23(19,2)12-11-20(18)24/h5,7,10,16,18-20,26H,6,8-9,11-15H2,1-4H3. The van der Waals surface area contributed by atoms with Crippen molar-refractivity contribution in [2.24, 2.45) is 34.5 Å². The van der Waals surface area contributed by atoms with Gasteiger partial charge in [0.1, 0.15) is 0 Å². The molecule has 0 aromatic rings. The fraction of sp³-hybridized carbons (Fsp3) is 0.792. The van der Waals surface area contributed by atoms with Gasteiger partial charge in [0.25, 0.3) is 0 Å². The second-order valence-corrected chi connectivity index (χ2v) is 10.5. The van der Waals surface area contributed by atoms with Crippen molar-refractivity contribution in [1.82, 2.24) is 0 Å². The third kappa shape index (κ3) is 3.01. The predicted molar refractivity (Wildman–Crippen MR) is 107 cm³/mol. The molecule has 7 unspecified atom stereocenters. The van der Waals surface area contributed by atoms with Crippen molar-refractivity contribution in [3.8, 4) is 0 Å². The molecule has 1 N–H and O–H groups in total. The molecule has 3 fully saturated rings. The molecule has 3 heteroatoms. The number of rotatable bonds is 2. The zero-order chi connectivity index (χ0) is 19.4. The van der Waals surface area contributed by atoms with Gasteiger partial charge in [0.15, 0.2) is 0 Å². The van der Waals surface area contributed by atoms with Gasteiger partial charge in [-0.2, -0.15) is 0 Å². The topological polar surface area (TPSA) is 46.5 Å². The predicted octanol–water partition coefficient (Wildman–Crippen LogP) is 5.05. The van der Waals surface area contributed by atoms with E-state index in [1.165, 1.54) is 44.8 Å². The molecule has 0 saturated heterocycles. The van der Waals surface area contributed by atoms with Crippen molar-refractivity contribution in [2.45, 2.75) is 77.7 Å². The maximum atomic E-state index is 11.6. The minimum atomic E-state index is -0.515. The van der Waals surface area contributed by atoms with Crippen molar-refractivity contribution in [1.29, 1.82) is 0 Å². The Bertz CT molecular complexity index is 675. The number of allylic oxidation sites excluding steroid dienone is 2. The van der Waals surface area contributed by atoms with Gasteiger partial charge in [0, 0.05) is 6.08 Å². The number of fused-ring (bicyclic) bond motifs is 5. The van der Waals surface area contributed by atoms with Crippen LogP contribution in [0.4, 0.5) is 0 Å². The van der Waals surface area contributed by atoms with E-state index < -0.39 is 5.60 Å². The average molecular weight is 373 g/mol. The maximum Gasteiger partial charge on any atom is 0.330 e. The van der Waals surface area contributed by atoms with Crippen LogP contribution in [0.25, 0.3) is 0 Å². The van der Waals surface area contributed by atoms with E-state index in [0.717, 1.165) is 37.0 Å². The number of hydrogen-bond donors (Lipinski definition) is 1. The molecule has 7 atom stereocenters. The van der Waals surface area contributed by atoms with E-state index in [4.69, 9.17) is 4.74 Å². The van der Waals surface area contributed by atoms with Gasteiger partial charge in [0.2, 0.25) is 0 Å². The van der Waals surface area contributed by atoms with Gasteiger partial charge in [-0.1, -0.05) is 31.6 Å². The fourth-order valence-electron chi connectivity index (χ4n) is 7.42. The summed E-state index contributed by atoms with van der Waals surface area (Å²) in [4.78, 5) is 11.6. The number of ether oxygens (including phenoxy) is 1. The van der Waals surface area contributed by atoms with Gasteiger partial charge in [-0.15, -0.1) is 0 Å². The monoisotopic (exact) mass is 372 g/mol. The van der Waals surface area contributed by atoms with Crippen LogP contribution in [0, 0.1) is 34.5 Å². The summed E-state index contributed by atoms with van der Waals surface area (Å²) in [6, 6.07) is 0. The van der Waals surface area contributed by atoms with Crippen LogP contribution in [-0.4, -0.2) is 23.8 Å². The molecule has 0 bridgehead atoms. The largest absolute Gasteiger partial charge is 0.466 e. The van der Waals surface area contributed by atoms with Crippen molar-refractivity contribution >= 4 is 5.97 Å². The third-order valence-corrected chi connectivity index (χ3v) is 9.12. The van der Waals surface area contributed by atoms with Crippen molar-refractivity contribution in [3.05, 3.63) is 23.8 Å². The van der Waals surface area contributed by atoms with Gasteiger partial charge >= 0.3 is 5.97 Å². The second kappa shape index (κ2) is 6.47. The number of hydrogen-bond acceptors (Lipinski definition) is 3. The van der Waals surface area contributed by atoms with Gasteiger partial charge in [-0.3, -0.25) is 0 Å². The highest BCUT2D eigenvalue weighted by molar-refractivity contribution is 5.81. The first-order valence-corrected chi connectivity index (χ1v) is 10.9. The van der Waals surface area contributed by atoms with Gasteiger partial charge in [-0.25, -0.2) is 4.79 Å². The first-order chi connectivity index (χ1) is 12.7. The molecule has 0 radical (unpaired) electrons. The smallest absolute Gasteiger partial charge is 0.330 e. The third-order valence-electron chi connectivity index (χ3n) is 9.12. The van der Waals surface area contributed by atoms with Crippen molar-refractivity contribution < 1.29 is 14.6 Å². The van der Waals surface area contributed by atoms with Gasteiger partial charge < -0.3 is 9.84 Å². The van der Waals surface area contributed by atoms with E-state index in [0.29, 0.717) is 11.3 Å². The Balaban J connectivity index is 1.58. The highest BCUT2D eigenvalue weighted by Crippen LogP contribution is 2.66. The van der Waals surface area contributed by atoms with E-state index in [-0.39, 0.29) is 11.4 Å². The lowest BCUT2D eigenvalue weighted by atomic mass is 9.46. The summed E-state index contributed by atoms with van der Waals surface area (Å²) in [7, 11) is 1.45. The van der Waals surface area contributed by atoms with Crippen LogP contribution in [0.15, 0.2) is 23.8 Å². The number of carbonyl (C=O) groups excluding carboxylic acids is 1. The Labute approximate surface area is 164 Å². The number of esters is 1. The van der Waals surface area contributed by atoms with Crippen LogP contribution >= 0.6 is 0 Å². The van der Waals surface area contributed by atoms with Crippen LogP contribution in [0.5, 0.6) is 0 Å². The molecule has 4 aliphatic rings. The molecule has 0 amide bonds. The van der Waals surface area contributed by atoms with Crippen LogP contribution in [0.1, 0.15) is 72.1 Å². The molecule has 27 heavy (non-hydrogen) atoms. The molecule has 0 spiro atoms. The number of methoxy groups -OCH3 is 1. The zero-order valence-corrected chi connectivity index (χ0v) is 17.5. The summed E-state index contributed by atoms with van der Waals surface area (Å²) in [6.45, 7) is 6.96. The lowest BCUT2D eigenvalue weighted by Gasteiger charge is -2.58. The molecule has 3 saturated carbocycles. The summed E-state index contributed by atoms with van der Waals surface area (Å²) in [5, 5.41) is 10.6. The second-order valence-electron chi connectivity index (χ2n) is 10.5. The maximum absolute atomic E-state index is 11.6. The first-order valence-electron chi connectivity index (χ1n) is 10.9. The molecule has 3 nitrogen and oxygen atoms in total. The molecule has 0 aromatic carbocycles.